The van der Waals surface area contributed by atoms with Gasteiger partial charge in [0.1, 0.15) is 0 Å². The van der Waals surface area contributed by atoms with Crippen LogP contribution in [0.1, 0.15) is 27.7 Å². The maximum absolute atomic E-state index is 6.04. The average Bonchev–Trinajstić information content (AvgIpc) is 2.16. The third-order valence-electron chi connectivity index (χ3n) is 2.93. The van der Waals surface area contributed by atoms with Crippen molar-refractivity contribution in [1.29, 1.82) is 0 Å². The molecule has 3 heteroatoms. The first-order valence-corrected chi connectivity index (χ1v) is 8.26. The van der Waals surface area contributed by atoms with Crippen LogP contribution < -0.4 is 0 Å². The van der Waals surface area contributed by atoms with Crippen LogP contribution in [0.3, 0.4) is 0 Å². The second-order valence-electron chi connectivity index (χ2n) is 3.43. The summed E-state index contributed by atoms with van der Waals surface area (Å²) in [6.07, 6.45) is 0. The monoisotopic (exact) mass is 220 g/mol. The van der Waals surface area contributed by atoms with E-state index in [1.807, 2.05) is 0 Å². The second-order valence-corrected chi connectivity index (χ2v) is 8.26. The summed E-state index contributed by atoms with van der Waals surface area (Å²) in [7, 11) is -1.59. The van der Waals surface area contributed by atoms with Gasteiger partial charge in [0.05, 0.1) is 0 Å². The summed E-state index contributed by atoms with van der Waals surface area (Å²) in [5.41, 5.74) is 5.92. The molecular formula is C9H14Cl2Si. The van der Waals surface area contributed by atoms with E-state index in [4.69, 9.17) is 22.2 Å². The second kappa shape index (κ2) is 3.57. The van der Waals surface area contributed by atoms with Crippen molar-refractivity contribution in [3.63, 3.8) is 0 Å². The molecule has 0 radical (unpaired) electrons. The minimum absolute atomic E-state index is 0.383. The number of hydrogen-bond donors (Lipinski definition) is 0. The maximum Gasteiger partial charge on any atom is 0.247 e. The van der Waals surface area contributed by atoms with Crippen molar-refractivity contribution in [2.24, 2.45) is 0 Å². The van der Waals surface area contributed by atoms with Crippen molar-refractivity contribution in [1.82, 2.24) is 0 Å². The van der Waals surface area contributed by atoms with Gasteiger partial charge in [0.25, 0.3) is 0 Å². The Balaban J connectivity index is 3.08. The molecule has 1 aliphatic rings. The summed E-state index contributed by atoms with van der Waals surface area (Å²) in [5, 5.41) is 0. The molecule has 0 aromatic carbocycles. The quantitative estimate of drug-likeness (QED) is 0.467. The van der Waals surface area contributed by atoms with E-state index in [1.54, 1.807) is 0 Å². The van der Waals surface area contributed by atoms with Gasteiger partial charge in [-0.25, -0.2) is 0 Å². The molecule has 0 unspecified atom stereocenters. The number of halogens is 2. The van der Waals surface area contributed by atoms with Crippen molar-refractivity contribution < 1.29 is 0 Å². The normalized spacial score (nSPS) is 20.2. The molecule has 0 bridgehead atoms. The molecule has 0 nitrogen and oxygen atoms in total. The zero-order chi connectivity index (χ0) is 9.46. The van der Waals surface area contributed by atoms with Crippen LogP contribution in [-0.4, -0.2) is 7.42 Å². The highest BCUT2D eigenvalue weighted by molar-refractivity contribution is 7.34. The van der Waals surface area contributed by atoms with Crippen LogP contribution >= 0.6 is 22.2 Å². The Bertz CT molecular complexity index is 240. The molecule has 0 aliphatic heterocycles. The van der Waals surface area contributed by atoms with E-state index >= 15 is 0 Å². The summed E-state index contributed by atoms with van der Waals surface area (Å²) in [5.74, 6) is 0. The molecule has 68 valence electrons. The fraction of sp³-hybridized carbons (Fsp3) is 0.556. The average molecular weight is 221 g/mol. The molecule has 0 saturated carbocycles. The largest absolute Gasteiger partial charge is 0.247 e. The lowest BCUT2D eigenvalue weighted by molar-refractivity contribution is 1.12. The maximum atomic E-state index is 6.04. The zero-order valence-corrected chi connectivity index (χ0v) is 10.6. The van der Waals surface area contributed by atoms with Gasteiger partial charge in [-0.05, 0) is 38.8 Å². The van der Waals surface area contributed by atoms with Crippen molar-refractivity contribution in [3.8, 4) is 0 Å². The first-order valence-electron chi connectivity index (χ1n) is 4.10. The third kappa shape index (κ3) is 1.50. The molecule has 0 aromatic rings. The third-order valence-corrected chi connectivity index (χ3v) is 5.95. The molecular weight excluding hydrogens is 207 g/mol. The summed E-state index contributed by atoms with van der Waals surface area (Å²) in [6, 6.07) is 0. The van der Waals surface area contributed by atoms with Crippen LogP contribution in [-0.2, 0) is 0 Å². The number of hydrogen-bond acceptors (Lipinski definition) is 0. The van der Waals surface area contributed by atoms with Gasteiger partial charge >= 0.3 is 0 Å². The Morgan fingerprint density at radius 3 is 1.42 bits per heavy atom. The standard InChI is InChI=1S/C9H14Cl2Si/c1-5-6(2)8(4)9(7(5)3)12(10)11/h9,12H,1-4H3. The SMILES string of the molecule is CC1=C(C)C([SiH](Cl)Cl)C(C)=C1C. The molecule has 0 heterocycles. The number of rotatable bonds is 1. The van der Waals surface area contributed by atoms with Crippen LogP contribution in [0.4, 0.5) is 0 Å². The molecule has 0 saturated heterocycles. The van der Waals surface area contributed by atoms with Gasteiger partial charge in [-0.15, -0.1) is 22.2 Å². The lowest BCUT2D eigenvalue weighted by atomic mass is 10.1. The van der Waals surface area contributed by atoms with E-state index in [0.717, 1.165) is 0 Å². The molecule has 0 aromatic heterocycles. The van der Waals surface area contributed by atoms with E-state index in [0.29, 0.717) is 5.54 Å². The van der Waals surface area contributed by atoms with Crippen molar-refractivity contribution >= 4 is 29.6 Å². The Labute approximate surface area is 85.3 Å². The lowest BCUT2D eigenvalue weighted by Gasteiger charge is -2.13. The Morgan fingerprint density at radius 1 is 0.917 bits per heavy atom. The molecule has 0 amide bonds. The van der Waals surface area contributed by atoms with Gasteiger partial charge in [-0.3, -0.25) is 0 Å². The molecule has 0 spiro atoms. The predicted octanol–water partition coefficient (Wildman–Crippen LogP) is 3.74. The molecule has 12 heavy (non-hydrogen) atoms. The first kappa shape index (κ1) is 10.4. The molecule has 0 N–H and O–H groups in total. The van der Waals surface area contributed by atoms with Gasteiger partial charge < -0.3 is 0 Å². The molecule has 1 aliphatic carbocycles. The fourth-order valence-corrected chi connectivity index (χ4v) is 5.28. The first-order chi connectivity index (χ1) is 5.46. The summed E-state index contributed by atoms with van der Waals surface area (Å²) in [4.78, 5) is 0. The van der Waals surface area contributed by atoms with Gasteiger partial charge in [0.15, 0.2) is 0 Å². The summed E-state index contributed by atoms with van der Waals surface area (Å²) in [6.45, 7) is 8.59. The van der Waals surface area contributed by atoms with Gasteiger partial charge in [0, 0.05) is 5.54 Å². The Hall–Kier alpha value is 0.277. The lowest BCUT2D eigenvalue weighted by Crippen LogP contribution is -2.07. The van der Waals surface area contributed by atoms with E-state index in [1.165, 1.54) is 22.3 Å². The zero-order valence-electron chi connectivity index (χ0n) is 7.91. The highest BCUT2D eigenvalue weighted by atomic mass is 35.7. The van der Waals surface area contributed by atoms with E-state index in [2.05, 4.69) is 27.7 Å². The van der Waals surface area contributed by atoms with Crippen LogP contribution in [0, 0.1) is 0 Å². The van der Waals surface area contributed by atoms with Crippen LogP contribution in [0.2, 0.25) is 5.54 Å². The molecule has 1 rings (SSSR count). The molecule has 0 atom stereocenters. The predicted molar refractivity (Wildman–Crippen MR) is 59.4 cm³/mol. The number of allylic oxidation sites excluding steroid dienone is 4. The van der Waals surface area contributed by atoms with Crippen LogP contribution in [0.15, 0.2) is 22.3 Å². The Morgan fingerprint density at radius 2 is 1.25 bits per heavy atom. The van der Waals surface area contributed by atoms with Gasteiger partial charge in [0.2, 0.25) is 7.42 Å². The van der Waals surface area contributed by atoms with E-state index in [-0.39, 0.29) is 0 Å². The van der Waals surface area contributed by atoms with Crippen molar-refractivity contribution in [3.05, 3.63) is 22.3 Å². The minimum atomic E-state index is -1.59. The highest BCUT2D eigenvalue weighted by Crippen LogP contribution is 2.44. The van der Waals surface area contributed by atoms with E-state index < -0.39 is 7.42 Å². The van der Waals surface area contributed by atoms with E-state index in [9.17, 15) is 0 Å². The highest BCUT2D eigenvalue weighted by Gasteiger charge is 2.30. The van der Waals surface area contributed by atoms with Crippen molar-refractivity contribution in [2.75, 3.05) is 0 Å². The molecule has 0 fully saturated rings. The fourth-order valence-electron chi connectivity index (χ4n) is 1.76. The van der Waals surface area contributed by atoms with Crippen LogP contribution in [0.5, 0.6) is 0 Å². The smallest absolute Gasteiger partial charge is 0.149 e. The van der Waals surface area contributed by atoms with Gasteiger partial charge in [-0.1, -0.05) is 11.1 Å². The van der Waals surface area contributed by atoms with Gasteiger partial charge in [-0.2, -0.15) is 0 Å². The van der Waals surface area contributed by atoms with Crippen LogP contribution in [0.25, 0.3) is 0 Å². The summed E-state index contributed by atoms with van der Waals surface area (Å²) < 4.78 is 0. The topological polar surface area (TPSA) is 0 Å². The Kier molecular flexibility index (Phi) is 3.08. The van der Waals surface area contributed by atoms with Crippen molar-refractivity contribution in [2.45, 2.75) is 33.2 Å². The minimum Gasteiger partial charge on any atom is -0.149 e. The summed E-state index contributed by atoms with van der Waals surface area (Å²) >= 11 is 12.1.